The number of ether oxygens (including phenoxy) is 2. The first-order valence-electron chi connectivity index (χ1n) is 10.5. The number of nitrogens with zero attached hydrogens (tertiary/aromatic N) is 1. The van der Waals surface area contributed by atoms with Crippen molar-refractivity contribution >= 4 is 44.3 Å². The topological polar surface area (TPSA) is 97.8 Å². The quantitative estimate of drug-likeness (QED) is 0.275. The molecule has 3 aromatic carbocycles. The number of rotatable bonds is 9. The molecule has 8 heteroatoms. The Morgan fingerprint density at radius 1 is 0.941 bits per heavy atom. The molecule has 1 amide bonds. The molecule has 0 atom stereocenters. The number of hydrogen-bond acceptors (Lipinski definition) is 5. The van der Waals surface area contributed by atoms with Gasteiger partial charge in [-0.1, -0.05) is 46.3 Å². The highest BCUT2D eigenvalue weighted by atomic mass is 79.9. The van der Waals surface area contributed by atoms with Crippen molar-refractivity contribution in [2.75, 3.05) is 17.3 Å². The second kappa shape index (κ2) is 10.8. The first kappa shape index (κ1) is 23.3. The third-order valence-electron chi connectivity index (χ3n) is 4.95. The summed E-state index contributed by atoms with van der Waals surface area (Å²) >= 11 is 3.35. The van der Waals surface area contributed by atoms with E-state index in [4.69, 9.17) is 9.47 Å². The van der Waals surface area contributed by atoms with Gasteiger partial charge in [0.05, 0.1) is 24.3 Å². The van der Waals surface area contributed by atoms with Gasteiger partial charge < -0.3 is 19.9 Å². The van der Waals surface area contributed by atoms with Gasteiger partial charge in [-0.05, 0) is 52.7 Å². The fraction of sp³-hybridized carbons (Fsp3) is 0.115. The highest BCUT2D eigenvalue weighted by Gasteiger charge is 2.12. The molecule has 34 heavy (non-hydrogen) atoms. The molecular formula is C26H21BrN2O5. The number of carbonyl (C=O) groups excluding carboxylic acids is 1. The molecule has 4 rings (SSSR count). The van der Waals surface area contributed by atoms with Crippen LogP contribution in [-0.4, -0.2) is 33.9 Å². The minimum absolute atomic E-state index is 0.0378. The highest BCUT2D eigenvalue weighted by Crippen LogP contribution is 2.27. The SMILES string of the molecule is O=C(Cc1ccc(Oc2ccc3cc(OCCBr)ccc3c2)nc1)Nc1ccccc1C(=O)O. The predicted octanol–water partition coefficient (Wildman–Crippen LogP) is 5.68. The lowest BCUT2D eigenvalue weighted by Crippen LogP contribution is -2.16. The Balaban J connectivity index is 1.38. The fourth-order valence-electron chi connectivity index (χ4n) is 3.37. The van der Waals surface area contributed by atoms with Crippen molar-refractivity contribution < 1.29 is 24.2 Å². The summed E-state index contributed by atoms with van der Waals surface area (Å²) in [6.07, 6.45) is 1.61. The summed E-state index contributed by atoms with van der Waals surface area (Å²) in [6.45, 7) is 0.603. The van der Waals surface area contributed by atoms with Crippen LogP contribution in [0.3, 0.4) is 0 Å². The van der Waals surface area contributed by atoms with E-state index >= 15 is 0 Å². The van der Waals surface area contributed by atoms with Gasteiger partial charge in [0.2, 0.25) is 11.8 Å². The van der Waals surface area contributed by atoms with E-state index in [2.05, 4.69) is 26.2 Å². The van der Waals surface area contributed by atoms with E-state index in [1.165, 1.54) is 6.07 Å². The number of aromatic carboxylic acids is 1. The minimum Gasteiger partial charge on any atom is -0.493 e. The van der Waals surface area contributed by atoms with Crippen LogP contribution < -0.4 is 14.8 Å². The monoisotopic (exact) mass is 520 g/mol. The number of hydrogen-bond donors (Lipinski definition) is 2. The summed E-state index contributed by atoms with van der Waals surface area (Å²) < 4.78 is 11.5. The number of carbonyl (C=O) groups is 2. The first-order chi connectivity index (χ1) is 16.5. The zero-order valence-electron chi connectivity index (χ0n) is 18.0. The smallest absolute Gasteiger partial charge is 0.337 e. The van der Waals surface area contributed by atoms with E-state index in [-0.39, 0.29) is 23.6 Å². The number of carboxylic acids is 1. The molecule has 0 fully saturated rings. The normalized spacial score (nSPS) is 10.6. The Hall–Kier alpha value is -3.91. The van der Waals surface area contributed by atoms with Gasteiger partial charge in [0, 0.05) is 17.6 Å². The number of fused-ring (bicyclic) bond motifs is 1. The Kier molecular flexibility index (Phi) is 7.39. The van der Waals surface area contributed by atoms with E-state index in [0.717, 1.165) is 21.9 Å². The molecule has 0 aliphatic heterocycles. The average molecular weight is 521 g/mol. The molecule has 0 spiro atoms. The number of alkyl halides is 1. The zero-order valence-corrected chi connectivity index (χ0v) is 19.6. The van der Waals surface area contributed by atoms with Crippen molar-refractivity contribution in [2.24, 2.45) is 0 Å². The van der Waals surface area contributed by atoms with Gasteiger partial charge in [0.15, 0.2) is 0 Å². The summed E-state index contributed by atoms with van der Waals surface area (Å²) in [7, 11) is 0. The van der Waals surface area contributed by atoms with Gasteiger partial charge in [-0.25, -0.2) is 9.78 Å². The maximum absolute atomic E-state index is 12.4. The van der Waals surface area contributed by atoms with Gasteiger partial charge in [0.25, 0.3) is 0 Å². The standard InChI is InChI=1S/C26H21BrN2O5/c27-11-12-33-20-8-6-19-15-21(9-7-18(19)14-20)34-25-10-5-17(16-28-25)13-24(30)29-23-4-2-1-3-22(23)26(31)32/h1-10,14-16H,11-13H2,(H,29,30)(H,31,32). The lowest BCUT2D eigenvalue weighted by atomic mass is 10.1. The van der Waals surface area contributed by atoms with E-state index in [1.54, 1.807) is 36.5 Å². The largest absolute Gasteiger partial charge is 0.493 e. The highest BCUT2D eigenvalue weighted by molar-refractivity contribution is 9.09. The summed E-state index contributed by atoms with van der Waals surface area (Å²) in [5.74, 6) is 0.421. The van der Waals surface area contributed by atoms with Crippen molar-refractivity contribution in [1.82, 2.24) is 4.98 Å². The number of aromatic nitrogens is 1. The zero-order chi connectivity index (χ0) is 23.9. The van der Waals surface area contributed by atoms with Gasteiger partial charge in [0.1, 0.15) is 11.5 Å². The second-order valence-electron chi connectivity index (χ2n) is 7.39. The lowest BCUT2D eigenvalue weighted by molar-refractivity contribution is -0.115. The summed E-state index contributed by atoms with van der Waals surface area (Å²) in [6, 6.07) is 21.3. The van der Waals surface area contributed by atoms with Crippen molar-refractivity contribution in [1.29, 1.82) is 0 Å². The number of amides is 1. The van der Waals surface area contributed by atoms with Crippen molar-refractivity contribution in [3.05, 3.63) is 90.1 Å². The Morgan fingerprint density at radius 2 is 1.68 bits per heavy atom. The number of pyridine rings is 1. The Bertz CT molecular complexity index is 1320. The first-order valence-corrected chi connectivity index (χ1v) is 11.6. The molecule has 0 radical (unpaired) electrons. The molecule has 1 aromatic heterocycles. The average Bonchev–Trinajstić information content (AvgIpc) is 2.84. The third kappa shape index (κ3) is 5.90. The molecular weight excluding hydrogens is 500 g/mol. The van der Waals surface area contributed by atoms with Crippen LogP contribution in [0.5, 0.6) is 17.4 Å². The molecule has 172 valence electrons. The van der Waals surface area contributed by atoms with Crippen molar-refractivity contribution in [3.8, 4) is 17.4 Å². The Labute approximate surface area is 204 Å². The number of para-hydroxylation sites is 1. The van der Waals surface area contributed by atoms with E-state index in [9.17, 15) is 14.7 Å². The second-order valence-corrected chi connectivity index (χ2v) is 8.18. The predicted molar refractivity (Wildman–Crippen MR) is 133 cm³/mol. The van der Waals surface area contributed by atoms with E-state index < -0.39 is 5.97 Å². The molecule has 1 heterocycles. The number of carboxylic acid groups (broad SMARTS) is 1. The molecule has 7 nitrogen and oxygen atoms in total. The number of anilines is 1. The van der Waals surface area contributed by atoms with Crippen LogP contribution in [0.25, 0.3) is 10.8 Å². The number of halogens is 1. The molecule has 0 unspecified atom stereocenters. The van der Waals surface area contributed by atoms with Crippen LogP contribution in [0.1, 0.15) is 15.9 Å². The van der Waals surface area contributed by atoms with Crippen molar-refractivity contribution in [2.45, 2.75) is 6.42 Å². The van der Waals surface area contributed by atoms with Crippen LogP contribution in [0, 0.1) is 0 Å². The van der Waals surface area contributed by atoms with Gasteiger partial charge >= 0.3 is 5.97 Å². The van der Waals surface area contributed by atoms with Crippen LogP contribution >= 0.6 is 15.9 Å². The molecule has 0 saturated carbocycles. The van der Waals surface area contributed by atoms with Crippen molar-refractivity contribution in [3.63, 3.8) is 0 Å². The summed E-state index contributed by atoms with van der Waals surface area (Å²) in [5.41, 5.74) is 0.967. The van der Waals surface area contributed by atoms with E-state index in [1.807, 2.05) is 36.4 Å². The van der Waals surface area contributed by atoms with Crippen LogP contribution in [-0.2, 0) is 11.2 Å². The molecule has 0 aliphatic rings. The van der Waals surface area contributed by atoms with Crippen LogP contribution in [0.2, 0.25) is 0 Å². The lowest BCUT2D eigenvalue weighted by Gasteiger charge is -2.10. The third-order valence-corrected chi connectivity index (χ3v) is 5.27. The molecule has 0 aliphatic carbocycles. The Morgan fingerprint density at radius 3 is 2.38 bits per heavy atom. The number of benzene rings is 3. The molecule has 0 saturated heterocycles. The summed E-state index contributed by atoms with van der Waals surface area (Å²) in [5, 5.41) is 14.7. The maximum atomic E-state index is 12.4. The molecule has 0 bridgehead atoms. The van der Waals surface area contributed by atoms with Gasteiger partial charge in [-0.15, -0.1) is 0 Å². The summed E-state index contributed by atoms with van der Waals surface area (Å²) in [4.78, 5) is 27.9. The van der Waals surface area contributed by atoms with Gasteiger partial charge in [-0.3, -0.25) is 4.79 Å². The number of nitrogens with one attached hydrogen (secondary N) is 1. The molecule has 4 aromatic rings. The van der Waals surface area contributed by atoms with Crippen LogP contribution in [0.15, 0.2) is 79.0 Å². The molecule has 2 N–H and O–H groups in total. The van der Waals surface area contributed by atoms with Gasteiger partial charge in [-0.2, -0.15) is 0 Å². The minimum atomic E-state index is -1.10. The fourth-order valence-corrected chi connectivity index (χ4v) is 3.53. The maximum Gasteiger partial charge on any atom is 0.337 e. The van der Waals surface area contributed by atoms with E-state index in [0.29, 0.717) is 23.8 Å². The van der Waals surface area contributed by atoms with Crippen LogP contribution in [0.4, 0.5) is 5.69 Å².